The molecule has 2 aromatic rings. The fourth-order valence-electron chi connectivity index (χ4n) is 2.49. The van der Waals surface area contributed by atoms with Crippen LogP contribution in [0.2, 0.25) is 5.02 Å². The Hall–Kier alpha value is -2.50. The molecule has 0 aliphatic heterocycles. The van der Waals surface area contributed by atoms with Crippen LogP contribution in [-0.4, -0.2) is 35.8 Å². The van der Waals surface area contributed by atoms with Crippen LogP contribution in [0.15, 0.2) is 34.7 Å². The standard InChI is InChI=1S/C18H18ClF3N2O5S/c1-28-14-5-4-10(6-15(14)29-2)9-23-30(3,27)24-16-12(17(25)26)7-11(19)8-13(16)18(20,21)22/h4-8H,9H2,1-3H3,(H,25,26)(H,23,24,27). The molecule has 0 spiro atoms. The lowest BCUT2D eigenvalue weighted by Gasteiger charge is -2.15. The average molecular weight is 467 g/mol. The van der Waals surface area contributed by atoms with Crippen molar-refractivity contribution in [3.8, 4) is 11.5 Å². The summed E-state index contributed by atoms with van der Waals surface area (Å²) in [6.45, 7) is -0.0451. The van der Waals surface area contributed by atoms with Gasteiger partial charge in [0, 0.05) is 17.8 Å². The van der Waals surface area contributed by atoms with Gasteiger partial charge in [-0.1, -0.05) is 17.7 Å². The van der Waals surface area contributed by atoms with Crippen molar-refractivity contribution in [1.29, 1.82) is 0 Å². The molecule has 0 fully saturated rings. The predicted molar refractivity (Wildman–Crippen MR) is 106 cm³/mol. The van der Waals surface area contributed by atoms with Gasteiger partial charge in [0.2, 0.25) is 0 Å². The van der Waals surface area contributed by atoms with E-state index in [1.807, 2.05) is 0 Å². The Balaban J connectivity index is 2.47. The molecule has 2 N–H and O–H groups in total. The monoisotopic (exact) mass is 466 g/mol. The van der Waals surface area contributed by atoms with Crippen LogP contribution in [0.3, 0.4) is 0 Å². The molecule has 0 aromatic heterocycles. The van der Waals surface area contributed by atoms with Crippen LogP contribution >= 0.6 is 11.6 Å². The number of hydrogen-bond donors (Lipinski definition) is 2. The quantitative estimate of drug-likeness (QED) is 0.625. The molecule has 0 amide bonds. The van der Waals surface area contributed by atoms with Gasteiger partial charge >= 0.3 is 12.1 Å². The average Bonchev–Trinajstić information content (AvgIpc) is 2.66. The Bertz CT molecular complexity index is 1080. The van der Waals surface area contributed by atoms with Gasteiger partial charge in [-0.15, -0.1) is 0 Å². The van der Waals surface area contributed by atoms with E-state index in [1.54, 1.807) is 18.2 Å². The highest BCUT2D eigenvalue weighted by Crippen LogP contribution is 2.41. The first kappa shape index (κ1) is 23.8. The number of alkyl halides is 3. The van der Waals surface area contributed by atoms with Gasteiger partial charge in [-0.25, -0.2) is 13.7 Å². The number of halogens is 4. The normalized spacial score (nSPS) is 13.4. The largest absolute Gasteiger partial charge is 0.493 e. The second-order valence-electron chi connectivity index (χ2n) is 6.06. The molecule has 0 aliphatic rings. The third kappa shape index (κ3) is 5.77. The summed E-state index contributed by atoms with van der Waals surface area (Å²) < 4.78 is 69.5. The van der Waals surface area contributed by atoms with Crippen LogP contribution in [0.5, 0.6) is 11.5 Å². The number of rotatable bonds is 7. The lowest BCUT2D eigenvalue weighted by atomic mass is 10.1. The molecule has 2 aromatic carbocycles. The van der Waals surface area contributed by atoms with Gasteiger partial charge < -0.3 is 14.6 Å². The van der Waals surface area contributed by atoms with E-state index in [9.17, 15) is 27.3 Å². The van der Waals surface area contributed by atoms with Crippen molar-refractivity contribution in [3.63, 3.8) is 0 Å². The molecule has 30 heavy (non-hydrogen) atoms. The van der Waals surface area contributed by atoms with Crippen molar-refractivity contribution >= 4 is 33.2 Å². The first-order chi connectivity index (χ1) is 13.9. The minimum absolute atomic E-state index is 0.0451. The maximum atomic E-state index is 13.4. The zero-order valence-electron chi connectivity index (χ0n) is 16.0. The Morgan fingerprint density at radius 2 is 1.83 bits per heavy atom. The summed E-state index contributed by atoms with van der Waals surface area (Å²) in [5, 5.41) is 8.84. The summed E-state index contributed by atoms with van der Waals surface area (Å²) in [5.41, 5.74) is -2.58. The molecule has 0 saturated heterocycles. The van der Waals surface area contributed by atoms with E-state index < -0.39 is 43.9 Å². The highest BCUT2D eigenvalue weighted by Gasteiger charge is 2.36. The number of carboxylic acids is 1. The van der Waals surface area contributed by atoms with Crippen molar-refractivity contribution in [3.05, 3.63) is 52.0 Å². The highest BCUT2D eigenvalue weighted by molar-refractivity contribution is 7.91. The summed E-state index contributed by atoms with van der Waals surface area (Å²) in [6, 6.07) is 6.19. The van der Waals surface area contributed by atoms with E-state index in [2.05, 4.69) is 9.08 Å². The van der Waals surface area contributed by atoms with E-state index >= 15 is 0 Å². The Kier molecular flexibility index (Phi) is 7.22. The van der Waals surface area contributed by atoms with Gasteiger partial charge in [0.05, 0.1) is 25.3 Å². The smallest absolute Gasteiger partial charge is 0.418 e. The maximum Gasteiger partial charge on any atom is 0.418 e. The van der Waals surface area contributed by atoms with Gasteiger partial charge in [-0.3, -0.25) is 0 Å². The molecule has 0 bridgehead atoms. The van der Waals surface area contributed by atoms with Crippen molar-refractivity contribution in [2.24, 2.45) is 4.36 Å². The lowest BCUT2D eigenvalue weighted by Crippen LogP contribution is -2.21. The van der Waals surface area contributed by atoms with Gasteiger partial charge in [0.25, 0.3) is 0 Å². The molecular weight excluding hydrogens is 449 g/mol. The topological polar surface area (TPSA) is 97.2 Å². The second-order valence-corrected chi connectivity index (χ2v) is 8.57. The molecular formula is C18H18ClF3N2O5S. The molecule has 0 aliphatic carbocycles. The number of carboxylic acid groups (broad SMARTS) is 1. The summed E-state index contributed by atoms with van der Waals surface area (Å²) in [5.74, 6) is -0.816. The Labute approximate surface area is 176 Å². The number of nitrogens with one attached hydrogen (secondary N) is 1. The summed E-state index contributed by atoms with van der Waals surface area (Å²) in [4.78, 5) is 11.4. The predicted octanol–water partition coefficient (Wildman–Crippen LogP) is 4.51. The molecule has 1 atom stereocenters. The first-order valence-corrected chi connectivity index (χ1v) is 10.5. The molecule has 1 unspecified atom stereocenters. The lowest BCUT2D eigenvalue weighted by molar-refractivity contribution is -0.137. The van der Waals surface area contributed by atoms with Gasteiger partial charge in [-0.2, -0.15) is 17.5 Å². The van der Waals surface area contributed by atoms with Crippen LogP contribution in [0.25, 0.3) is 0 Å². The van der Waals surface area contributed by atoms with E-state index in [1.165, 1.54) is 14.2 Å². The Morgan fingerprint density at radius 1 is 1.20 bits per heavy atom. The minimum atomic E-state index is -4.95. The number of hydrogen-bond acceptors (Lipinski definition) is 5. The van der Waals surface area contributed by atoms with Crippen LogP contribution in [-0.2, 0) is 22.6 Å². The van der Waals surface area contributed by atoms with Crippen molar-refractivity contribution in [2.45, 2.75) is 12.7 Å². The van der Waals surface area contributed by atoms with Crippen LogP contribution < -0.4 is 14.2 Å². The minimum Gasteiger partial charge on any atom is -0.493 e. The van der Waals surface area contributed by atoms with Crippen molar-refractivity contribution < 1.29 is 36.8 Å². The van der Waals surface area contributed by atoms with E-state index in [4.69, 9.17) is 21.1 Å². The van der Waals surface area contributed by atoms with Crippen LogP contribution in [0.1, 0.15) is 21.5 Å². The van der Waals surface area contributed by atoms with Crippen molar-refractivity contribution in [2.75, 3.05) is 20.5 Å². The molecule has 0 radical (unpaired) electrons. The van der Waals surface area contributed by atoms with Gasteiger partial charge in [0.1, 0.15) is 15.6 Å². The van der Waals surface area contributed by atoms with Crippen LogP contribution in [0.4, 0.5) is 18.9 Å². The fraction of sp³-hybridized carbons (Fsp3) is 0.278. The summed E-state index contributed by atoms with van der Waals surface area (Å²) >= 11 is 5.62. The zero-order valence-corrected chi connectivity index (χ0v) is 17.6. The van der Waals surface area contributed by atoms with Crippen LogP contribution in [0, 0.1) is 0 Å². The number of ether oxygens (including phenoxy) is 2. The molecule has 2 rings (SSSR count). The van der Waals surface area contributed by atoms with E-state index in [-0.39, 0.29) is 6.54 Å². The third-order valence-corrected chi connectivity index (χ3v) is 5.30. The van der Waals surface area contributed by atoms with Gasteiger partial charge in [0.15, 0.2) is 11.5 Å². The zero-order chi connectivity index (χ0) is 22.7. The van der Waals surface area contributed by atoms with Gasteiger partial charge in [-0.05, 0) is 29.8 Å². The molecule has 7 nitrogen and oxygen atoms in total. The highest BCUT2D eigenvalue weighted by atomic mass is 35.5. The number of nitrogens with zero attached hydrogens (tertiary/aromatic N) is 1. The fourth-order valence-corrected chi connectivity index (χ4v) is 3.75. The molecule has 164 valence electrons. The first-order valence-electron chi connectivity index (χ1n) is 8.19. The molecule has 0 saturated carbocycles. The third-order valence-electron chi connectivity index (χ3n) is 3.87. The second kappa shape index (κ2) is 9.11. The van der Waals surface area contributed by atoms with Crippen molar-refractivity contribution in [1.82, 2.24) is 4.72 Å². The number of carbonyl (C=O) groups is 1. The molecule has 0 heterocycles. The maximum absolute atomic E-state index is 13.4. The summed E-state index contributed by atoms with van der Waals surface area (Å²) in [6.07, 6.45) is -3.89. The number of aromatic carboxylic acids is 1. The van der Waals surface area contributed by atoms with E-state index in [0.717, 1.165) is 12.3 Å². The molecule has 12 heteroatoms. The number of methoxy groups -OCH3 is 2. The SMILES string of the molecule is COc1ccc(CNS(C)(=O)=Nc2c(C(=O)O)cc(Cl)cc2C(F)(F)F)cc1OC. The summed E-state index contributed by atoms with van der Waals surface area (Å²) in [7, 11) is -0.586. The number of benzene rings is 2. The van der Waals surface area contributed by atoms with E-state index in [0.29, 0.717) is 23.1 Å². The Morgan fingerprint density at radius 3 is 2.37 bits per heavy atom.